The van der Waals surface area contributed by atoms with Gasteiger partial charge in [0.1, 0.15) is 6.61 Å². The average Bonchev–Trinajstić information content (AvgIpc) is 3.23. The summed E-state index contributed by atoms with van der Waals surface area (Å²) in [5.74, 6) is -1.46. The second-order valence-corrected chi connectivity index (χ2v) is 19.1. The van der Waals surface area contributed by atoms with Crippen molar-refractivity contribution in [3.63, 3.8) is 0 Å². The van der Waals surface area contributed by atoms with Gasteiger partial charge >= 0.3 is 17.9 Å². The molecule has 0 saturated carbocycles. The number of hydrogen-bond acceptors (Lipinski definition) is 6. The molecular formula is C54H102NO7+. The molecule has 62 heavy (non-hydrogen) atoms. The Balaban J connectivity index is 4.21. The largest absolute Gasteiger partial charge is 0.477 e. The number of unbranched alkanes of at least 4 members (excludes halogenated alkanes) is 30. The van der Waals surface area contributed by atoms with Crippen LogP contribution in [0.5, 0.6) is 0 Å². The van der Waals surface area contributed by atoms with E-state index in [1.165, 1.54) is 180 Å². The van der Waals surface area contributed by atoms with Crippen LogP contribution in [0.1, 0.15) is 251 Å². The number of aliphatic carboxylic acids is 1. The van der Waals surface area contributed by atoms with Gasteiger partial charge in [-0.25, -0.2) is 4.79 Å². The summed E-state index contributed by atoms with van der Waals surface area (Å²) in [4.78, 5) is 37.2. The van der Waals surface area contributed by atoms with E-state index in [4.69, 9.17) is 14.2 Å². The minimum absolute atomic E-state index is 0.0489. The van der Waals surface area contributed by atoms with E-state index in [0.29, 0.717) is 19.3 Å². The molecule has 0 heterocycles. The summed E-state index contributed by atoms with van der Waals surface area (Å²) in [7, 11) is 5.54. The van der Waals surface area contributed by atoms with Crippen molar-refractivity contribution in [2.75, 3.05) is 41.0 Å². The third kappa shape index (κ3) is 43.1. The summed E-state index contributed by atoms with van der Waals surface area (Å²) in [6.45, 7) is 4.76. The summed E-state index contributed by atoms with van der Waals surface area (Å²) >= 11 is 0. The van der Waals surface area contributed by atoms with Crippen molar-refractivity contribution in [2.24, 2.45) is 0 Å². The zero-order chi connectivity index (χ0) is 45.6. The fraction of sp³-hybridized carbons (Fsp3) is 0.870. The van der Waals surface area contributed by atoms with E-state index in [1.807, 2.05) is 21.1 Å². The SMILES string of the molecule is CCCCCCCC/C=C\CCCCCCCCCCCC(=O)OCC(COCCC(C(=O)O)[N+](C)(C)C)OC(=O)CCCCCCCCCCC/C=C\CCCCCCCC. The molecule has 0 bridgehead atoms. The zero-order valence-electron chi connectivity index (χ0n) is 41.6. The Morgan fingerprint density at radius 3 is 1.16 bits per heavy atom. The Kier molecular flexibility index (Phi) is 43.8. The number of rotatable bonds is 48. The Morgan fingerprint density at radius 2 is 0.806 bits per heavy atom. The molecule has 0 aliphatic carbocycles. The molecular weight excluding hydrogens is 775 g/mol. The molecule has 364 valence electrons. The van der Waals surface area contributed by atoms with Crippen LogP contribution in [0.3, 0.4) is 0 Å². The number of carboxylic acid groups (broad SMARTS) is 1. The highest BCUT2D eigenvalue weighted by Gasteiger charge is 2.31. The second kappa shape index (κ2) is 45.4. The lowest BCUT2D eigenvalue weighted by atomic mass is 10.1. The van der Waals surface area contributed by atoms with Crippen molar-refractivity contribution in [3.8, 4) is 0 Å². The molecule has 0 aromatic heterocycles. The van der Waals surface area contributed by atoms with Crippen molar-refractivity contribution in [1.29, 1.82) is 0 Å². The lowest BCUT2D eigenvalue weighted by Crippen LogP contribution is -2.50. The number of ether oxygens (including phenoxy) is 3. The van der Waals surface area contributed by atoms with Crippen LogP contribution < -0.4 is 0 Å². The minimum Gasteiger partial charge on any atom is -0.477 e. The van der Waals surface area contributed by atoms with Gasteiger partial charge in [-0.1, -0.05) is 192 Å². The molecule has 0 spiro atoms. The number of carboxylic acids is 1. The van der Waals surface area contributed by atoms with Gasteiger partial charge in [-0.15, -0.1) is 0 Å². The predicted molar refractivity (Wildman–Crippen MR) is 262 cm³/mol. The lowest BCUT2D eigenvalue weighted by Gasteiger charge is -2.31. The second-order valence-electron chi connectivity index (χ2n) is 19.1. The molecule has 0 aliphatic rings. The van der Waals surface area contributed by atoms with Gasteiger partial charge in [0.2, 0.25) is 0 Å². The fourth-order valence-corrected chi connectivity index (χ4v) is 7.97. The highest BCUT2D eigenvalue weighted by atomic mass is 16.6. The van der Waals surface area contributed by atoms with Crippen LogP contribution >= 0.6 is 0 Å². The normalized spacial score (nSPS) is 13.0. The van der Waals surface area contributed by atoms with Crippen molar-refractivity contribution in [2.45, 2.75) is 264 Å². The highest BCUT2D eigenvalue weighted by molar-refractivity contribution is 5.72. The van der Waals surface area contributed by atoms with E-state index in [-0.39, 0.29) is 36.2 Å². The quantitative estimate of drug-likeness (QED) is 0.0281. The summed E-state index contributed by atoms with van der Waals surface area (Å²) in [6.07, 6.45) is 52.2. The maximum absolute atomic E-state index is 12.8. The van der Waals surface area contributed by atoms with Crippen LogP contribution in [-0.2, 0) is 28.6 Å². The third-order valence-corrected chi connectivity index (χ3v) is 12.1. The summed E-state index contributed by atoms with van der Waals surface area (Å²) < 4.78 is 17.4. The molecule has 0 aliphatic heterocycles. The van der Waals surface area contributed by atoms with Crippen LogP contribution in [0.4, 0.5) is 0 Å². The van der Waals surface area contributed by atoms with Gasteiger partial charge in [-0.05, 0) is 64.2 Å². The Labute approximate surface area is 383 Å². The Bertz CT molecular complexity index is 1070. The number of nitrogens with zero attached hydrogens (tertiary/aromatic N) is 1. The van der Waals surface area contributed by atoms with E-state index in [2.05, 4.69) is 38.2 Å². The summed E-state index contributed by atoms with van der Waals surface area (Å²) in [5, 5.41) is 9.66. The number of hydrogen-bond donors (Lipinski definition) is 1. The fourth-order valence-electron chi connectivity index (χ4n) is 7.97. The molecule has 2 unspecified atom stereocenters. The lowest BCUT2D eigenvalue weighted by molar-refractivity contribution is -0.887. The van der Waals surface area contributed by atoms with Gasteiger partial charge in [0.05, 0.1) is 34.4 Å². The van der Waals surface area contributed by atoms with Crippen LogP contribution in [0.25, 0.3) is 0 Å². The first-order valence-corrected chi connectivity index (χ1v) is 26.4. The van der Waals surface area contributed by atoms with E-state index < -0.39 is 18.1 Å². The van der Waals surface area contributed by atoms with Crippen LogP contribution in [0.2, 0.25) is 0 Å². The standard InChI is InChI=1S/C54H101NO7/c1-6-8-10-12-14-16-18-20-22-24-26-28-30-32-34-36-38-40-42-44-52(56)61-49-50(48-60-47-46-51(54(58)59)55(3,4)5)62-53(57)45-43-41-39-37-35-33-31-29-27-25-23-21-19-17-15-13-11-9-7-2/h20-23,50-51H,6-19,24-49H2,1-5H3/p+1/b22-20-,23-21-. The molecule has 0 amide bonds. The van der Waals surface area contributed by atoms with Crippen LogP contribution in [0, 0.1) is 0 Å². The smallest absolute Gasteiger partial charge is 0.362 e. The van der Waals surface area contributed by atoms with E-state index in [9.17, 15) is 19.5 Å². The maximum Gasteiger partial charge on any atom is 0.362 e. The first kappa shape index (κ1) is 59.8. The first-order valence-electron chi connectivity index (χ1n) is 26.4. The maximum atomic E-state index is 12.8. The van der Waals surface area contributed by atoms with Crippen molar-refractivity contribution in [3.05, 3.63) is 24.3 Å². The summed E-state index contributed by atoms with van der Waals surface area (Å²) in [5.41, 5.74) is 0. The van der Waals surface area contributed by atoms with Gasteiger partial charge in [0, 0.05) is 19.3 Å². The number of carbonyl (C=O) groups excluding carboxylic acids is 2. The monoisotopic (exact) mass is 877 g/mol. The van der Waals surface area contributed by atoms with Gasteiger partial charge in [-0.3, -0.25) is 9.59 Å². The number of likely N-dealkylation sites (N-methyl/N-ethyl adjacent to an activating group) is 1. The number of allylic oxidation sites excluding steroid dienone is 4. The minimum atomic E-state index is -0.872. The van der Waals surface area contributed by atoms with E-state index >= 15 is 0 Å². The summed E-state index contributed by atoms with van der Waals surface area (Å²) in [6, 6.07) is -0.613. The van der Waals surface area contributed by atoms with Crippen molar-refractivity contribution < 1.29 is 38.2 Å². The van der Waals surface area contributed by atoms with E-state index in [1.54, 1.807) is 0 Å². The molecule has 0 saturated heterocycles. The molecule has 0 radical (unpaired) electrons. The molecule has 8 heteroatoms. The van der Waals surface area contributed by atoms with Gasteiger partial charge < -0.3 is 23.8 Å². The van der Waals surface area contributed by atoms with Crippen LogP contribution in [0.15, 0.2) is 24.3 Å². The topological polar surface area (TPSA) is 99.1 Å². The zero-order valence-corrected chi connectivity index (χ0v) is 41.6. The highest BCUT2D eigenvalue weighted by Crippen LogP contribution is 2.16. The molecule has 0 fully saturated rings. The first-order chi connectivity index (χ1) is 30.1. The molecule has 0 aromatic rings. The number of quaternary nitrogens is 1. The number of esters is 2. The molecule has 1 N–H and O–H groups in total. The third-order valence-electron chi connectivity index (χ3n) is 12.1. The Morgan fingerprint density at radius 1 is 0.468 bits per heavy atom. The van der Waals surface area contributed by atoms with Gasteiger partial charge in [0.25, 0.3) is 0 Å². The molecule has 8 nitrogen and oxygen atoms in total. The van der Waals surface area contributed by atoms with Crippen LogP contribution in [-0.4, -0.2) is 80.6 Å². The van der Waals surface area contributed by atoms with E-state index in [0.717, 1.165) is 38.5 Å². The molecule has 0 rings (SSSR count). The average molecular weight is 877 g/mol. The van der Waals surface area contributed by atoms with Crippen molar-refractivity contribution >= 4 is 17.9 Å². The van der Waals surface area contributed by atoms with Gasteiger partial charge in [0.15, 0.2) is 12.1 Å². The predicted octanol–water partition coefficient (Wildman–Crippen LogP) is 15.2. The van der Waals surface area contributed by atoms with Crippen molar-refractivity contribution in [1.82, 2.24) is 0 Å². The number of carbonyl (C=O) groups is 3. The molecule has 2 atom stereocenters. The Hall–Kier alpha value is -2.19. The molecule has 0 aromatic carbocycles. The van der Waals surface area contributed by atoms with Gasteiger partial charge in [-0.2, -0.15) is 0 Å².